The number of hydrogen-bond donors (Lipinski definition) is 0. The summed E-state index contributed by atoms with van der Waals surface area (Å²) >= 11 is 14.5. The van der Waals surface area contributed by atoms with Gasteiger partial charge >= 0.3 is 5.97 Å². The molecule has 3 aromatic rings. The van der Waals surface area contributed by atoms with Crippen LogP contribution in [0.2, 0.25) is 5.02 Å². The topological polar surface area (TPSA) is 35.5 Å². The van der Waals surface area contributed by atoms with E-state index in [4.69, 9.17) is 21.1 Å². The predicted octanol–water partition coefficient (Wildman–Crippen LogP) is 7.18. The average molecular weight is 505 g/mol. The van der Waals surface area contributed by atoms with Crippen LogP contribution in [-0.4, -0.2) is 12.6 Å². The number of ether oxygens (including phenoxy) is 2. The number of hydrogen-bond acceptors (Lipinski definition) is 4. The number of esters is 1. The molecule has 1 heterocycles. The molecule has 7 heteroatoms. The van der Waals surface area contributed by atoms with Crippen LogP contribution in [0.5, 0.6) is 11.5 Å². The van der Waals surface area contributed by atoms with Crippen LogP contribution >= 0.6 is 54.8 Å². The van der Waals surface area contributed by atoms with E-state index in [-0.39, 0.29) is 5.97 Å². The molecule has 0 radical (unpaired) electrons. The van der Waals surface area contributed by atoms with E-state index in [0.717, 1.165) is 19.4 Å². The van der Waals surface area contributed by atoms with Gasteiger partial charge in [-0.15, -0.1) is 11.3 Å². The van der Waals surface area contributed by atoms with E-state index in [2.05, 4.69) is 31.9 Å². The van der Waals surface area contributed by atoms with Gasteiger partial charge in [0.1, 0.15) is 11.5 Å². The maximum Gasteiger partial charge on any atom is 0.339 e. The molecule has 130 valence electrons. The Hall–Kier alpha value is -1.08. The minimum atomic E-state index is -0.317. The molecule has 0 fully saturated rings. The fraction of sp³-hybridized carbons (Fsp3) is 0.167. The van der Waals surface area contributed by atoms with E-state index in [0.29, 0.717) is 34.0 Å². The van der Waals surface area contributed by atoms with Crippen LogP contribution in [0.15, 0.2) is 40.9 Å². The van der Waals surface area contributed by atoms with Gasteiger partial charge < -0.3 is 9.47 Å². The van der Waals surface area contributed by atoms with Crippen molar-refractivity contribution in [2.75, 3.05) is 6.61 Å². The lowest BCUT2D eigenvalue weighted by molar-refractivity contribution is 0.0528. The molecular formula is C18H13Br2ClO3S. The molecule has 0 saturated heterocycles. The Morgan fingerprint density at radius 1 is 1.24 bits per heavy atom. The molecule has 0 unspecified atom stereocenters. The van der Waals surface area contributed by atoms with Crippen molar-refractivity contribution in [3.05, 3.63) is 56.3 Å². The normalized spacial score (nSPS) is 10.9. The van der Waals surface area contributed by atoms with Gasteiger partial charge in [0.05, 0.1) is 16.6 Å². The van der Waals surface area contributed by atoms with Crippen LogP contribution in [0.4, 0.5) is 0 Å². The first-order valence-electron chi connectivity index (χ1n) is 7.45. The number of rotatable bonds is 5. The van der Waals surface area contributed by atoms with E-state index in [9.17, 15) is 4.79 Å². The average Bonchev–Trinajstić information content (AvgIpc) is 2.95. The Morgan fingerprint density at radius 3 is 2.60 bits per heavy atom. The molecule has 25 heavy (non-hydrogen) atoms. The minimum Gasteiger partial charge on any atom is -0.462 e. The summed E-state index contributed by atoms with van der Waals surface area (Å²) in [6, 6.07) is 10.9. The Balaban J connectivity index is 2.08. The third-order valence-corrected chi connectivity index (χ3v) is 6.41. The summed E-state index contributed by atoms with van der Waals surface area (Å²) in [5.41, 5.74) is 0.590. The molecule has 1 aromatic heterocycles. The summed E-state index contributed by atoms with van der Waals surface area (Å²) in [7, 11) is 0. The van der Waals surface area contributed by atoms with E-state index in [1.807, 2.05) is 12.1 Å². The second kappa shape index (κ2) is 8.08. The van der Waals surface area contributed by atoms with Crippen molar-refractivity contribution in [1.82, 2.24) is 0 Å². The first-order chi connectivity index (χ1) is 12.0. The van der Waals surface area contributed by atoms with Gasteiger partial charge in [-0.3, -0.25) is 0 Å². The molecule has 0 aliphatic rings. The fourth-order valence-electron chi connectivity index (χ4n) is 2.38. The molecule has 0 amide bonds. The van der Waals surface area contributed by atoms with Gasteiger partial charge in [-0.05, 0) is 59.3 Å². The smallest absolute Gasteiger partial charge is 0.339 e. The quantitative estimate of drug-likeness (QED) is 0.273. The van der Waals surface area contributed by atoms with Crippen molar-refractivity contribution in [2.24, 2.45) is 0 Å². The highest BCUT2D eigenvalue weighted by atomic mass is 79.9. The van der Waals surface area contributed by atoms with Crippen molar-refractivity contribution in [3.63, 3.8) is 0 Å². The number of alkyl halides is 1. The van der Waals surface area contributed by atoms with Gasteiger partial charge in [-0.1, -0.05) is 27.5 Å². The predicted molar refractivity (Wildman–Crippen MR) is 110 cm³/mol. The van der Waals surface area contributed by atoms with Crippen molar-refractivity contribution >= 4 is 70.9 Å². The molecule has 3 nitrogen and oxygen atoms in total. The Labute approximate surface area is 171 Å². The second-order valence-corrected chi connectivity index (χ2v) is 8.08. The second-order valence-electron chi connectivity index (χ2n) is 5.09. The van der Waals surface area contributed by atoms with E-state index in [1.54, 1.807) is 42.5 Å². The first kappa shape index (κ1) is 18.7. The van der Waals surface area contributed by atoms with Gasteiger partial charge in [0.2, 0.25) is 0 Å². The van der Waals surface area contributed by atoms with Crippen LogP contribution in [-0.2, 0) is 10.1 Å². The van der Waals surface area contributed by atoms with Gasteiger partial charge in [0.15, 0.2) is 0 Å². The molecule has 0 spiro atoms. The van der Waals surface area contributed by atoms with Crippen LogP contribution in [0.1, 0.15) is 22.2 Å². The largest absolute Gasteiger partial charge is 0.462 e. The lowest BCUT2D eigenvalue weighted by atomic mass is 10.1. The lowest BCUT2D eigenvalue weighted by Gasteiger charge is -2.09. The van der Waals surface area contributed by atoms with E-state index in [1.165, 1.54) is 0 Å². The van der Waals surface area contributed by atoms with Gasteiger partial charge in [0.25, 0.3) is 0 Å². The van der Waals surface area contributed by atoms with Crippen LogP contribution in [0.25, 0.3) is 10.1 Å². The highest BCUT2D eigenvalue weighted by Gasteiger charge is 2.21. The van der Waals surface area contributed by atoms with Gasteiger partial charge in [-0.2, -0.15) is 0 Å². The summed E-state index contributed by atoms with van der Waals surface area (Å²) in [6.07, 6.45) is 0. The molecule has 0 aliphatic carbocycles. The van der Waals surface area contributed by atoms with Crippen molar-refractivity contribution in [1.29, 1.82) is 0 Å². The highest BCUT2D eigenvalue weighted by Crippen LogP contribution is 2.40. The molecule has 0 saturated carbocycles. The monoisotopic (exact) mass is 502 g/mol. The third-order valence-electron chi connectivity index (χ3n) is 3.46. The fourth-order valence-corrected chi connectivity index (χ4v) is 4.77. The highest BCUT2D eigenvalue weighted by molar-refractivity contribution is 9.10. The van der Waals surface area contributed by atoms with Crippen LogP contribution < -0.4 is 4.74 Å². The standard InChI is InChI=1S/C18H13Br2ClO3S/c1-2-23-18(22)17-12-7-14(24-11-5-3-10(21)4-6-11)13(20)8-15(12)25-16(17)9-19/h3-8H,2,9H2,1H3. The van der Waals surface area contributed by atoms with Crippen molar-refractivity contribution in [3.8, 4) is 11.5 Å². The van der Waals surface area contributed by atoms with E-state index >= 15 is 0 Å². The van der Waals surface area contributed by atoms with Crippen molar-refractivity contribution in [2.45, 2.75) is 12.3 Å². The Morgan fingerprint density at radius 2 is 1.96 bits per heavy atom. The summed E-state index contributed by atoms with van der Waals surface area (Å²) in [5, 5.41) is 2.06. The van der Waals surface area contributed by atoms with Gasteiger partial charge in [-0.25, -0.2) is 4.79 Å². The molecule has 0 bridgehead atoms. The number of halogens is 3. The maximum absolute atomic E-state index is 12.4. The number of fused-ring (bicyclic) bond motifs is 1. The first-order valence-corrected chi connectivity index (χ1v) is 10.6. The summed E-state index contributed by atoms with van der Waals surface area (Å²) < 4.78 is 13.0. The van der Waals surface area contributed by atoms with Gasteiger partial charge in [0, 0.05) is 25.3 Å². The van der Waals surface area contributed by atoms with E-state index < -0.39 is 0 Å². The molecule has 3 rings (SSSR count). The number of thiophene rings is 1. The molecule has 0 aliphatic heterocycles. The minimum absolute atomic E-state index is 0.317. The van der Waals surface area contributed by atoms with Crippen LogP contribution in [0.3, 0.4) is 0 Å². The SMILES string of the molecule is CCOC(=O)c1c(CBr)sc2cc(Br)c(Oc3ccc(Cl)cc3)cc12. The summed E-state index contributed by atoms with van der Waals surface area (Å²) in [4.78, 5) is 13.3. The molecule has 0 N–H and O–H groups in total. The Kier molecular flexibility index (Phi) is 6.04. The maximum atomic E-state index is 12.4. The molecule has 0 atom stereocenters. The lowest BCUT2D eigenvalue weighted by Crippen LogP contribution is -2.05. The number of benzene rings is 2. The molecular weight excluding hydrogens is 492 g/mol. The Bertz CT molecular complexity index is 922. The zero-order valence-electron chi connectivity index (χ0n) is 13.1. The number of carbonyl (C=O) groups is 1. The third kappa shape index (κ3) is 4.03. The molecule has 2 aromatic carbocycles. The zero-order valence-corrected chi connectivity index (χ0v) is 17.9. The summed E-state index contributed by atoms with van der Waals surface area (Å²) in [5.74, 6) is 0.973. The zero-order chi connectivity index (χ0) is 18.0. The number of carbonyl (C=O) groups excluding carboxylic acids is 1. The van der Waals surface area contributed by atoms with Crippen LogP contribution in [0, 0.1) is 0 Å². The van der Waals surface area contributed by atoms with Crippen molar-refractivity contribution < 1.29 is 14.3 Å². The summed E-state index contributed by atoms with van der Waals surface area (Å²) in [6.45, 7) is 2.13.